The van der Waals surface area contributed by atoms with Gasteiger partial charge in [-0.05, 0) is 37.3 Å². The zero-order valence-electron chi connectivity index (χ0n) is 9.73. The molecule has 1 aliphatic carbocycles. The smallest absolute Gasteiger partial charge is 0.269 e. The Balaban J connectivity index is 1.80. The van der Waals surface area contributed by atoms with E-state index in [4.69, 9.17) is 0 Å². The molecule has 1 aromatic rings. The van der Waals surface area contributed by atoms with Crippen molar-refractivity contribution < 1.29 is 4.79 Å². The maximum atomic E-state index is 11.8. The summed E-state index contributed by atoms with van der Waals surface area (Å²) in [6.45, 7) is 0.761. The van der Waals surface area contributed by atoms with Gasteiger partial charge in [-0.15, -0.1) is 0 Å². The number of pyridine rings is 1. The van der Waals surface area contributed by atoms with Gasteiger partial charge < -0.3 is 5.32 Å². The fourth-order valence-corrected chi connectivity index (χ4v) is 3.09. The molecule has 2 unspecified atom stereocenters. The Morgan fingerprint density at radius 2 is 2.35 bits per heavy atom. The fraction of sp³-hybridized carbons (Fsp3) is 0.538. The van der Waals surface area contributed by atoms with Crippen LogP contribution in [0.15, 0.2) is 24.4 Å². The topological polar surface area (TPSA) is 42.0 Å². The van der Waals surface area contributed by atoms with Crippen molar-refractivity contribution in [1.29, 1.82) is 0 Å². The van der Waals surface area contributed by atoms with Crippen molar-refractivity contribution in [1.82, 2.24) is 10.3 Å². The molecular formula is C13H17BrN2O. The summed E-state index contributed by atoms with van der Waals surface area (Å²) in [6.07, 6.45) is 6.52. The van der Waals surface area contributed by atoms with Crippen LogP contribution in [0.4, 0.5) is 0 Å². The number of nitrogens with zero attached hydrogens (tertiary/aromatic N) is 1. The summed E-state index contributed by atoms with van der Waals surface area (Å²) >= 11 is 3.66. The van der Waals surface area contributed by atoms with Crippen LogP contribution in [-0.2, 0) is 0 Å². The molecule has 1 saturated carbocycles. The summed E-state index contributed by atoms with van der Waals surface area (Å²) in [6, 6.07) is 5.38. The SMILES string of the molecule is O=C(NCC1CCCC(Br)C1)c1ccccn1. The Labute approximate surface area is 110 Å². The highest BCUT2D eigenvalue weighted by molar-refractivity contribution is 9.09. The maximum Gasteiger partial charge on any atom is 0.269 e. The van der Waals surface area contributed by atoms with Gasteiger partial charge in [0.05, 0.1) is 0 Å². The van der Waals surface area contributed by atoms with Crippen LogP contribution in [0.1, 0.15) is 36.2 Å². The second kappa shape index (κ2) is 6.15. The zero-order valence-corrected chi connectivity index (χ0v) is 11.3. The molecule has 17 heavy (non-hydrogen) atoms. The van der Waals surface area contributed by atoms with Gasteiger partial charge in [0.15, 0.2) is 0 Å². The van der Waals surface area contributed by atoms with Crippen molar-refractivity contribution in [3.8, 4) is 0 Å². The van der Waals surface area contributed by atoms with Crippen molar-refractivity contribution in [3.63, 3.8) is 0 Å². The van der Waals surface area contributed by atoms with E-state index in [9.17, 15) is 4.79 Å². The Bertz CT molecular complexity index is 369. The minimum absolute atomic E-state index is 0.0673. The molecule has 0 bridgehead atoms. The molecule has 1 N–H and O–H groups in total. The summed E-state index contributed by atoms with van der Waals surface area (Å²) in [5.74, 6) is 0.531. The molecule has 1 heterocycles. The fourth-order valence-electron chi connectivity index (χ4n) is 2.24. The lowest BCUT2D eigenvalue weighted by atomic mass is 9.89. The predicted molar refractivity (Wildman–Crippen MR) is 71.2 cm³/mol. The Morgan fingerprint density at radius 3 is 3.06 bits per heavy atom. The summed E-state index contributed by atoms with van der Waals surface area (Å²) in [4.78, 5) is 16.4. The van der Waals surface area contributed by atoms with Crippen LogP contribution in [0.3, 0.4) is 0 Å². The van der Waals surface area contributed by atoms with E-state index in [0.29, 0.717) is 16.4 Å². The van der Waals surface area contributed by atoms with Gasteiger partial charge in [0.2, 0.25) is 0 Å². The standard InChI is InChI=1S/C13H17BrN2O/c14-11-5-3-4-10(8-11)9-16-13(17)12-6-1-2-7-15-12/h1-2,6-7,10-11H,3-5,8-9H2,(H,16,17). The number of carbonyl (C=O) groups excluding carboxylic acids is 1. The normalized spacial score (nSPS) is 24.3. The number of aromatic nitrogens is 1. The minimum Gasteiger partial charge on any atom is -0.350 e. The number of amides is 1. The largest absolute Gasteiger partial charge is 0.350 e. The molecule has 0 saturated heterocycles. The Morgan fingerprint density at radius 1 is 1.47 bits per heavy atom. The molecule has 0 aliphatic heterocycles. The van der Waals surface area contributed by atoms with Crippen LogP contribution in [0.2, 0.25) is 0 Å². The molecule has 1 aromatic heterocycles. The van der Waals surface area contributed by atoms with Gasteiger partial charge in [0, 0.05) is 17.6 Å². The lowest BCUT2D eigenvalue weighted by Gasteiger charge is -2.25. The number of rotatable bonds is 3. The third kappa shape index (κ3) is 3.80. The lowest BCUT2D eigenvalue weighted by molar-refractivity contribution is 0.0939. The van der Waals surface area contributed by atoms with Crippen LogP contribution in [0.5, 0.6) is 0 Å². The van der Waals surface area contributed by atoms with E-state index in [1.54, 1.807) is 12.3 Å². The van der Waals surface area contributed by atoms with Crippen LogP contribution in [-0.4, -0.2) is 22.3 Å². The van der Waals surface area contributed by atoms with E-state index in [1.807, 2.05) is 12.1 Å². The number of halogens is 1. The second-order valence-electron chi connectivity index (χ2n) is 4.55. The summed E-state index contributed by atoms with van der Waals surface area (Å²) in [5, 5.41) is 2.97. The van der Waals surface area contributed by atoms with E-state index in [2.05, 4.69) is 26.2 Å². The van der Waals surface area contributed by atoms with Crippen LogP contribution >= 0.6 is 15.9 Å². The molecule has 0 radical (unpaired) electrons. The quantitative estimate of drug-likeness (QED) is 0.872. The first-order valence-electron chi connectivity index (χ1n) is 6.09. The van der Waals surface area contributed by atoms with Gasteiger partial charge in [-0.25, -0.2) is 0 Å². The summed E-state index contributed by atoms with van der Waals surface area (Å²) in [7, 11) is 0. The first-order chi connectivity index (χ1) is 8.25. The van der Waals surface area contributed by atoms with Crippen molar-refractivity contribution in [2.45, 2.75) is 30.5 Å². The number of hydrogen-bond donors (Lipinski definition) is 1. The molecule has 3 nitrogen and oxygen atoms in total. The maximum absolute atomic E-state index is 11.8. The highest BCUT2D eigenvalue weighted by Crippen LogP contribution is 2.28. The van der Waals surface area contributed by atoms with E-state index < -0.39 is 0 Å². The van der Waals surface area contributed by atoms with Crippen molar-refractivity contribution >= 4 is 21.8 Å². The zero-order chi connectivity index (χ0) is 12.1. The van der Waals surface area contributed by atoms with Gasteiger partial charge in [-0.2, -0.15) is 0 Å². The Hall–Kier alpha value is -0.900. The number of alkyl halides is 1. The molecule has 92 valence electrons. The molecule has 0 aromatic carbocycles. The van der Waals surface area contributed by atoms with Crippen molar-refractivity contribution in [2.24, 2.45) is 5.92 Å². The van der Waals surface area contributed by atoms with Gasteiger partial charge >= 0.3 is 0 Å². The second-order valence-corrected chi connectivity index (χ2v) is 5.85. The molecular weight excluding hydrogens is 280 g/mol. The van der Waals surface area contributed by atoms with Gasteiger partial charge in [-0.3, -0.25) is 9.78 Å². The highest BCUT2D eigenvalue weighted by Gasteiger charge is 2.20. The summed E-state index contributed by atoms with van der Waals surface area (Å²) < 4.78 is 0. The van der Waals surface area contributed by atoms with E-state index in [0.717, 1.165) is 13.0 Å². The minimum atomic E-state index is -0.0673. The van der Waals surface area contributed by atoms with Gasteiger partial charge in [0.25, 0.3) is 5.91 Å². The van der Waals surface area contributed by atoms with Gasteiger partial charge in [-0.1, -0.05) is 28.4 Å². The molecule has 2 rings (SSSR count). The summed E-state index contributed by atoms with van der Waals surface area (Å²) in [5.41, 5.74) is 0.499. The van der Waals surface area contributed by atoms with Crippen LogP contribution < -0.4 is 5.32 Å². The first kappa shape index (κ1) is 12.6. The van der Waals surface area contributed by atoms with Crippen LogP contribution in [0.25, 0.3) is 0 Å². The lowest BCUT2D eigenvalue weighted by Crippen LogP contribution is -2.32. The average Bonchev–Trinajstić information content (AvgIpc) is 2.37. The van der Waals surface area contributed by atoms with Crippen molar-refractivity contribution in [3.05, 3.63) is 30.1 Å². The number of carbonyl (C=O) groups is 1. The number of nitrogens with one attached hydrogen (secondary N) is 1. The van der Waals surface area contributed by atoms with E-state index in [-0.39, 0.29) is 5.91 Å². The van der Waals surface area contributed by atoms with E-state index >= 15 is 0 Å². The Kier molecular flexibility index (Phi) is 4.54. The third-order valence-electron chi connectivity index (χ3n) is 3.17. The average molecular weight is 297 g/mol. The predicted octanol–water partition coefficient (Wildman–Crippen LogP) is 2.77. The molecule has 1 fully saturated rings. The molecule has 0 spiro atoms. The van der Waals surface area contributed by atoms with Gasteiger partial charge in [0.1, 0.15) is 5.69 Å². The molecule has 4 heteroatoms. The molecule has 2 atom stereocenters. The molecule has 1 aliphatic rings. The first-order valence-corrected chi connectivity index (χ1v) is 7.00. The number of hydrogen-bond acceptors (Lipinski definition) is 2. The molecule has 1 amide bonds. The van der Waals surface area contributed by atoms with Crippen molar-refractivity contribution in [2.75, 3.05) is 6.54 Å². The third-order valence-corrected chi connectivity index (χ3v) is 4.00. The van der Waals surface area contributed by atoms with Crippen LogP contribution in [0, 0.1) is 5.92 Å². The van der Waals surface area contributed by atoms with E-state index in [1.165, 1.54) is 19.3 Å². The monoisotopic (exact) mass is 296 g/mol. The highest BCUT2D eigenvalue weighted by atomic mass is 79.9.